The minimum atomic E-state index is 0.458. The van der Waals surface area contributed by atoms with E-state index in [1.807, 2.05) is 24.3 Å². The molecule has 1 heterocycles. The first kappa shape index (κ1) is 15.8. The van der Waals surface area contributed by atoms with E-state index in [9.17, 15) is 0 Å². The zero-order valence-corrected chi connectivity index (χ0v) is 14.4. The zero-order chi connectivity index (χ0) is 14.6. The summed E-state index contributed by atoms with van der Waals surface area (Å²) in [6.45, 7) is 11.3. The first-order chi connectivity index (χ1) is 9.45. The molecule has 112 valence electrons. The van der Waals surface area contributed by atoms with E-state index >= 15 is 0 Å². The van der Waals surface area contributed by atoms with Crippen LogP contribution in [-0.4, -0.2) is 31.1 Å². The van der Waals surface area contributed by atoms with Gasteiger partial charge in [-0.2, -0.15) is 0 Å². The first-order valence-electron chi connectivity index (χ1n) is 7.56. The minimum Gasteiger partial charge on any atom is -0.492 e. The highest BCUT2D eigenvalue weighted by Gasteiger charge is 2.28. The molecule has 0 atom stereocenters. The van der Waals surface area contributed by atoms with Gasteiger partial charge in [0.1, 0.15) is 12.4 Å². The van der Waals surface area contributed by atoms with Gasteiger partial charge in [0.2, 0.25) is 0 Å². The van der Waals surface area contributed by atoms with Gasteiger partial charge in [0.15, 0.2) is 0 Å². The number of rotatable bonds is 4. The number of hydrogen-bond acceptors (Lipinski definition) is 2. The summed E-state index contributed by atoms with van der Waals surface area (Å²) in [5, 5.41) is 0. The largest absolute Gasteiger partial charge is 0.492 e. The fraction of sp³-hybridized carbons (Fsp3) is 0.647. The van der Waals surface area contributed by atoms with Crippen molar-refractivity contribution >= 4 is 15.9 Å². The van der Waals surface area contributed by atoms with Gasteiger partial charge < -0.3 is 4.74 Å². The molecule has 2 rings (SSSR count). The average molecular weight is 340 g/mol. The Labute approximate surface area is 131 Å². The number of nitrogens with zero attached hydrogens (tertiary/aromatic N) is 1. The Kier molecular flexibility index (Phi) is 5.50. The molecule has 1 aliphatic heterocycles. The molecule has 1 aliphatic rings. The van der Waals surface area contributed by atoms with Crippen LogP contribution in [0.5, 0.6) is 5.75 Å². The highest BCUT2D eigenvalue weighted by Crippen LogP contribution is 2.34. The molecule has 0 spiro atoms. The Morgan fingerprint density at radius 2 is 1.75 bits per heavy atom. The molecule has 20 heavy (non-hydrogen) atoms. The van der Waals surface area contributed by atoms with E-state index in [1.54, 1.807) is 0 Å². The summed E-state index contributed by atoms with van der Waals surface area (Å²) in [6, 6.07) is 8.06. The predicted octanol–water partition coefficient (Wildman–Crippen LogP) is 4.59. The molecule has 1 aromatic carbocycles. The van der Waals surface area contributed by atoms with Crippen LogP contribution in [0.25, 0.3) is 0 Å². The Balaban J connectivity index is 1.67. The monoisotopic (exact) mass is 339 g/mol. The lowest BCUT2D eigenvalue weighted by molar-refractivity contribution is 0.101. The Bertz CT molecular complexity index is 402. The lowest BCUT2D eigenvalue weighted by Crippen LogP contribution is -2.39. The van der Waals surface area contributed by atoms with Gasteiger partial charge in [-0.05, 0) is 61.5 Å². The number of likely N-dealkylation sites (tertiary alicyclic amines) is 1. The number of benzene rings is 1. The van der Waals surface area contributed by atoms with Gasteiger partial charge in [-0.25, -0.2) is 0 Å². The minimum absolute atomic E-state index is 0.458. The zero-order valence-electron chi connectivity index (χ0n) is 12.9. The van der Waals surface area contributed by atoms with E-state index in [2.05, 4.69) is 41.6 Å². The Morgan fingerprint density at radius 1 is 1.15 bits per heavy atom. The highest BCUT2D eigenvalue weighted by molar-refractivity contribution is 9.10. The molecule has 1 fully saturated rings. The summed E-state index contributed by atoms with van der Waals surface area (Å²) in [6.07, 6.45) is 2.64. The highest BCUT2D eigenvalue weighted by atomic mass is 79.9. The van der Waals surface area contributed by atoms with Gasteiger partial charge in [-0.1, -0.05) is 36.7 Å². The summed E-state index contributed by atoms with van der Waals surface area (Å²) < 4.78 is 6.89. The van der Waals surface area contributed by atoms with Crippen LogP contribution in [0.4, 0.5) is 0 Å². The molecule has 2 nitrogen and oxygen atoms in total. The predicted molar refractivity (Wildman–Crippen MR) is 88.3 cm³/mol. The maximum absolute atomic E-state index is 5.80. The molecule has 0 unspecified atom stereocenters. The van der Waals surface area contributed by atoms with E-state index in [0.717, 1.165) is 29.3 Å². The van der Waals surface area contributed by atoms with Crippen LogP contribution in [-0.2, 0) is 0 Å². The molecule has 3 heteroatoms. The molecule has 0 bridgehead atoms. The summed E-state index contributed by atoms with van der Waals surface area (Å²) in [5.74, 6) is 1.82. The van der Waals surface area contributed by atoms with Gasteiger partial charge in [0.25, 0.3) is 0 Å². The van der Waals surface area contributed by atoms with Crippen molar-refractivity contribution in [3.63, 3.8) is 0 Å². The molecule has 0 aromatic heterocycles. The maximum atomic E-state index is 5.80. The molecule has 1 saturated heterocycles. The second kappa shape index (κ2) is 6.95. The lowest BCUT2D eigenvalue weighted by atomic mass is 9.75. The molecule has 0 aliphatic carbocycles. The van der Waals surface area contributed by atoms with Crippen LogP contribution in [0.3, 0.4) is 0 Å². The van der Waals surface area contributed by atoms with E-state index in [-0.39, 0.29) is 0 Å². The number of ether oxygens (including phenoxy) is 1. The second-order valence-corrected chi connectivity index (χ2v) is 7.70. The van der Waals surface area contributed by atoms with E-state index in [0.29, 0.717) is 5.41 Å². The van der Waals surface area contributed by atoms with Crippen molar-refractivity contribution in [1.82, 2.24) is 4.90 Å². The molecule has 1 aromatic rings. The quantitative estimate of drug-likeness (QED) is 0.795. The third-order valence-corrected chi connectivity index (χ3v) is 4.83. The normalized spacial score (nSPS) is 18.2. The van der Waals surface area contributed by atoms with E-state index in [4.69, 9.17) is 4.74 Å². The van der Waals surface area contributed by atoms with Crippen LogP contribution in [0.15, 0.2) is 28.7 Å². The number of hydrogen-bond donors (Lipinski definition) is 0. The summed E-state index contributed by atoms with van der Waals surface area (Å²) in [7, 11) is 0. The summed E-state index contributed by atoms with van der Waals surface area (Å²) in [4.78, 5) is 2.53. The molecular formula is C17H26BrNO. The Morgan fingerprint density at radius 3 is 2.30 bits per heavy atom. The van der Waals surface area contributed by atoms with Gasteiger partial charge >= 0.3 is 0 Å². The second-order valence-electron chi connectivity index (χ2n) is 6.78. The van der Waals surface area contributed by atoms with Crippen LogP contribution < -0.4 is 4.74 Å². The van der Waals surface area contributed by atoms with Crippen molar-refractivity contribution in [3.05, 3.63) is 28.7 Å². The fourth-order valence-electron chi connectivity index (χ4n) is 2.85. The van der Waals surface area contributed by atoms with Crippen molar-refractivity contribution < 1.29 is 4.74 Å². The van der Waals surface area contributed by atoms with Crippen molar-refractivity contribution in [2.75, 3.05) is 26.2 Å². The molecule has 0 saturated carbocycles. The standard InChI is InChI=1S/C17H26BrNO/c1-17(2,3)14-8-10-19(11-9-14)12-13-20-16-6-4-15(18)5-7-16/h4-7,14H,8-13H2,1-3H3. The molecular weight excluding hydrogens is 314 g/mol. The summed E-state index contributed by atoms with van der Waals surface area (Å²) in [5.41, 5.74) is 0.458. The van der Waals surface area contributed by atoms with Crippen LogP contribution >= 0.6 is 15.9 Å². The number of piperidine rings is 1. The van der Waals surface area contributed by atoms with Gasteiger partial charge in [0, 0.05) is 11.0 Å². The Hall–Kier alpha value is -0.540. The van der Waals surface area contributed by atoms with Crippen molar-refractivity contribution in [3.8, 4) is 5.75 Å². The van der Waals surface area contributed by atoms with Crippen LogP contribution in [0.2, 0.25) is 0 Å². The van der Waals surface area contributed by atoms with E-state index < -0.39 is 0 Å². The average Bonchev–Trinajstić information content (AvgIpc) is 2.41. The lowest BCUT2D eigenvalue weighted by Gasteiger charge is -2.38. The third kappa shape index (κ3) is 4.78. The van der Waals surface area contributed by atoms with Crippen molar-refractivity contribution in [2.45, 2.75) is 33.6 Å². The van der Waals surface area contributed by atoms with Gasteiger partial charge in [-0.15, -0.1) is 0 Å². The first-order valence-corrected chi connectivity index (χ1v) is 8.35. The van der Waals surface area contributed by atoms with E-state index in [1.165, 1.54) is 25.9 Å². The molecule has 0 radical (unpaired) electrons. The van der Waals surface area contributed by atoms with Crippen molar-refractivity contribution in [1.29, 1.82) is 0 Å². The van der Waals surface area contributed by atoms with Gasteiger partial charge in [-0.3, -0.25) is 4.90 Å². The topological polar surface area (TPSA) is 12.5 Å². The van der Waals surface area contributed by atoms with Crippen LogP contribution in [0, 0.1) is 11.3 Å². The summed E-state index contributed by atoms with van der Waals surface area (Å²) >= 11 is 3.43. The SMILES string of the molecule is CC(C)(C)C1CCN(CCOc2ccc(Br)cc2)CC1. The number of halogens is 1. The fourth-order valence-corrected chi connectivity index (χ4v) is 3.11. The maximum Gasteiger partial charge on any atom is 0.119 e. The smallest absolute Gasteiger partial charge is 0.119 e. The third-order valence-electron chi connectivity index (χ3n) is 4.30. The van der Waals surface area contributed by atoms with Crippen molar-refractivity contribution in [2.24, 2.45) is 11.3 Å². The van der Waals surface area contributed by atoms with Crippen LogP contribution in [0.1, 0.15) is 33.6 Å². The molecule has 0 amide bonds. The van der Waals surface area contributed by atoms with Gasteiger partial charge in [0.05, 0.1) is 0 Å². The molecule has 0 N–H and O–H groups in total.